The van der Waals surface area contributed by atoms with Gasteiger partial charge in [0.25, 0.3) is 0 Å². The Kier molecular flexibility index (Phi) is 3.94. The second-order valence-corrected chi connectivity index (χ2v) is 6.37. The molecule has 0 aliphatic heterocycles. The molecule has 0 aromatic carbocycles. The Hall–Kier alpha value is -1.76. The van der Waals surface area contributed by atoms with Crippen molar-refractivity contribution in [1.82, 2.24) is 25.5 Å². The number of nitrogens with zero attached hydrogens (tertiary/aromatic N) is 4. The van der Waals surface area contributed by atoms with Gasteiger partial charge in [-0.3, -0.25) is 4.79 Å². The van der Waals surface area contributed by atoms with Gasteiger partial charge in [-0.15, -0.1) is 16.4 Å². The molecule has 7 heteroatoms. The second kappa shape index (κ2) is 5.48. The van der Waals surface area contributed by atoms with Gasteiger partial charge in [0.15, 0.2) is 0 Å². The normalized spacial score (nSPS) is 13.2. The predicted molar refractivity (Wildman–Crippen MR) is 72.5 cm³/mol. The zero-order chi connectivity index (χ0) is 13.9. The first-order chi connectivity index (χ1) is 8.97. The average Bonchev–Trinajstić information content (AvgIpc) is 2.96. The van der Waals surface area contributed by atoms with Gasteiger partial charge in [0.1, 0.15) is 12.9 Å². The summed E-state index contributed by atoms with van der Waals surface area (Å²) < 4.78 is 1.41. The number of thiophene rings is 1. The van der Waals surface area contributed by atoms with Gasteiger partial charge in [-0.1, -0.05) is 26.8 Å². The van der Waals surface area contributed by atoms with Gasteiger partial charge >= 0.3 is 0 Å². The van der Waals surface area contributed by atoms with Crippen LogP contribution in [-0.4, -0.2) is 26.1 Å². The van der Waals surface area contributed by atoms with Gasteiger partial charge < -0.3 is 5.32 Å². The summed E-state index contributed by atoms with van der Waals surface area (Å²) in [5, 5.41) is 15.8. The molecule has 0 aliphatic carbocycles. The molecule has 1 amide bonds. The lowest BCUT2D eigenvalue weighted by atomic mass is 9.86. The van der Waals surface area contributed by atoms with Crippen LogP contribution in [0.1, 0.15) is 31.7 Å². The van der Waals surface area contributed by atoms with Crippen LogP contribution < -0.4 is 5.32 Å². The van der Waals surface area contributed by atoms with Crippen molar-refractivity contribution in [2.75, 3.05) is 0 Å². The van der Waals surface area contributed by atoms with Crippen molar-refractivity contribution in [2.45, 2.75) is 33.4 Å². The maximum Gasteiger partial charge on any atom is 0.242 e. The Labute approximate surface area is 115 Å². The molecule has 0 radical (unpaired) electrons. The Morgan fingerprint density at radius 2 is 2.32 bits per heavy atom. The summed E-state index contributed by atoms with van der Waals surface area (Å²) in [4.78, 5) is 13.2. The lowest BCUT2D eigenvalue weighted by molar-refractivity contribution is -0.123. The molecule has 2 rings (SSSR count). The maximum absolute atomic E-state index is 12.0. The third-order valence-electron chi connectivity index (χ3n) is 2.70. The molecule has 0 aliphatic rings. The van der Waals surface area contributed by atoms with Crippen LogP contribution in [0.15, 0.2) is 23.8 Å². The number of carbonyl (C=O) groups is 1. The van der Waals surface area contributed by atoms with Crippen LogP contribution >= 0.6 is 11.3 Å². The molecular formula is C12H17N5OS. The number of hydrogen-bond acceptors (Lipinski definition) is 5. The van der Waals surface area contributed by atoms with Crippen LogP contribution in [0.3, 0.4) is 0 Å². The number of nitrogens with one attached hydrogen (secondary N) is 1. The molecule has 6 nitrogen and oxygen atoms in total. The van der Waals surface area contributed by atoms with Crippen molar-refractivity contribution in [3.8, 4) is 0 Å². The standard InChI is InChI=1S/C12H17N5OS/c1-12(2,3)11(9-5-4-6-19-9)14-10(18)7-17-8-13-15-16-17/h4-6,8,11H,7H2,1-3H3,(H,14,18). The highest BCUT2D eigenvalue weighted by Gasteiger charge is 2.28. The van der Waals surface area contributed by atoms with Crippen LogP contribution in [0.25, 0.3) is 0 Å². The predicted octanol–water partition coefficient (Wildman–Crippen LogP) is 1.64. The molecule has 2 heterocycles. The first kappa shape index (κ1) is 13.7. The van der Waals surface area contributed by atoms with Crippen molar-refractivity contribution in [1.29, 1.82) is 0 Å². The molecule has 0 spiro atoms. The quantitative estimate of drug-likeness (QED) is 0.923. The first-order valence-electron chi connectivity index (χ1n) is 6.00. The van der Waals surface area contributed by atoms with Crippen LogP contribution in [0, 0.1) is 5.41 Å². The van der Waals surface area contributed by atoms with E-state index in [2.05, 4.69) is 41.6 Å². The van der Waals surface area contributed by atoms with E-state index >= 15 is 0 Å². The number of hydrogen-bond donors (Lipinski definition) is 1. The zero-order valence-corrected chi connectivity index (χ0v) is 12.0. The third-order valence-corrected chi connectivity index (χ3v) is 3.63. The summed E-state index contributed by atoms with van der Waals surface area (Å²) >= 11 is 1.65. The summed E-state index contributed by atoms with van der Waals surface area (Å²) in [6.07, 6.45) is 1.43. The Bertz CT molecular complexity index is 515. The highest BCUT2D eigenvalue weighted by molar-refractivity contribution is 7.10. The van der Waals surface area contributed by atoms with Crippen molar-refractivity contribution >= 4 is 17.2 Å². The number of rotatable bonds is 4. The van der Waals surface area contributed by atoms with Crippen molar-refractivity contribution in [3.63, 3.8) is 0 Å². The lowest BCUT2D eigenvalue weighted by Gasteiger charge is -2.30. The van der Waals surface area contributed by atoms with Gasteiger partial charge in [0, 0.05) is 4.88 Å². The van der Waals surface area contributed by atoms with Crippen LogP contribution in [-0.2, 0) is 11.3 Å². The zero-order valence-electron chi connectivity index (χ0n) is 11.2. The van der Waals surface area contributed by atoms with Crippen molar-refractivity contribution in [3.05, 3.63) is 28.7 Å². The molecule has 1 atom stereocenters. The molecule has 0 saturated heterocycles. The highest BCUT2D eigenvalue weighted by Crippen LogP contribution is 2.34. The summed E-state index contributed by atoms with van der Waals surface area (Å²) in [5.74, 6) is -0.0966. The van der Waals surface area contributed by atoms with Crippen molar-refractivity contribution in [2.24, 2.45) is 5.41 Å². The second-order valence-electron chi connectivity index (χ2n) is 5.39. The first-order valence-corrected chi connectivity index (χ1v) is 6.88. The van der Waals surface area contributed by atoms with Crippen LogP contribution in [0.5, 0.6) is 0 Å². The van der Waals surface area contributed by atoms with E-state index in [-0.39, 0.29) is 23.9 Å². The van der Waals surface area contributed by atoms with Crippen LogP contribution in [0.4, 0.5) is 0 Å². The molecule has 0 saturated carbocycles. The smallest absolute Gasteiger partial charge is 0.242 e. The van der Waals surface area contributed by atoms with E-state index in [4.69, 9.17) is 0 Å². The van der Waals surface area contributed by atoms with Gasteiger partial charge in [0.05, 0.1) is 6.04 Å². The third kappa shape index (κ3) is 3.60. The molecule has 1 unspecified atom stereocenters. The Balaban J connectivity index is 2.07. The minimum absolute atomic E-state index is 0.0171. The van der Waals surface area contributed by atoms with Gasteiger partial charge in [0.2, 0.25) is 5.91 Å². The van der Waals surface area contributed by atoms with Gasteiger partial charge in [-0.25, -0.2) is 4.68 Å². The summed E-state index contributed by atoms with van der Waals surface area (Å²) in [6.45, 7) is 6.45. The SMILES string of the molecule is CC(C)(C)C(NC(=O)Cn1cnnn1)c1cccs1. The van der Waals surface area contributed by atoms with E-state index in [9.17, 15) is 4.79 Å². The average molecular weight is 279 g/mol. The number of amides is 1. The van der Waals surface area contributed by atoms with Crippen LogP contribution in [0.2, 0.25) is 0 Å². The molecule has 102 valence electrons. The molecule has 0 bridgehead atoms. The van der Waals surface area contributed by atoms with Gasteiger partial charge in [-0.05, 0) is 27.3 Å². The van der Waals surface area contributed by atoms with E-state index < -0.39 is 0 Å². The molecule has 2 aromatic rings. The summed E-state index contributed by atoms with van der Waals surface area (Å²) in [5.41, 5.74) is -0.0544. The van der Waals surface area contributed by atoms with Crippen molar-refractivity contribution < 1.29 is 4.79 Å². The molecule has 1 N–H and O–H groups in total. The van der Waals surface area contributed by atoms with E-state index in [1.807, 2.05) is 17.5 Å². The fraction of sp³-hybridized carbons (Fsp3) is 0.500. The Morgan fingerprint density at radius 1 is 1.53 bits per heavy atom. The Morgan fingerprint density at radius 3 is 2.84 bits per heavy atom. The molecular weight excluding hydrogens is 262 g/mol. The van der Waals surface area contributed by atoms with E-state index in [0.29, 0.717) is 0 Å². The van der Waals surface area contributed by atoms with E-state index in [0.717, 1.165) is 4.88 Å². The maximum atomic E-state index is 12.0. The number of carbonyl (C=O) groups excluding carboxylic acids is 1. The fourth-order valence-corrected chi connectivity index (χ4v) is 2.80. The summed E-state index contributed by atoms with van der Waals surface area (Å²) in [6, 6.07) is 4.01. The highest BCUT2D eigenvalue weighted by atomic mass is 32.1. The fourth-order valence-electron chi connectivity index (χ4n) is 1.78. The molecule has 2 aromatic heterocycles. The monoisotopic (exact) mass is 279 g/mol. The largest absolute Gasteiger partial charge is 0.346 e. The minimum atomic E-state index is -0.0966. The molecule has 19 heavy (non-hydrogen) atoms. The number of aromatic nitrogens is 4. The lowest BCUT2D eigenvalue weighted by Crippen LogP contribution is -2.38. The molecule has 0 fully saturated rings. The topological polar surface area (TPSA) is 72.7 Å². The number of tetrazole rings is 1. The van der Waals surface area contributed by atoms with Gasteiger partial charge in [-0.2, -0.15) is 0 Å². The van der Waals surface area contributed by atoms with E-state index in [1.165, 1.54) is 11.0 Å². The summed E-state index contributed by atoms with van der Waals surface area (Å²) in [7, 11) is 0. The minimum Gasteiger partial charge on any atom is -0.346 e. The van der Waals surface area contributed by atoms with E-state index in [1.54, 1.807) is 11.3 Å².